The van der Waals surface area contributed by atoms with Crippen molar-refractivity contribution in [1.29, 1.82) is 0 Å². The molecule has 98 valence electrons. The fourth-order valence-corrected chi connectivity index (χ4v) is 1.92. The van der Waals surface area contributed by atoms with Gasteiger partial charge in [0.1, 0.15) is 5.82 Å². The van der Waals surface area contributed by atoms with Crippen molar-refractivity contribution >= 4 is 11.0 Å². The highest BCUT2D eigenvalue weighted by molar-refractivity contribution is 5.76. The molecule has 0 saturated carbocycles. The number of benzene rings is 1. The summed E-state index contributed by atoms with van der Waals surface area (Å²) in [6.07, 6.45) is -0.703. The molecule has 0 spiro atoms. The molecule has 5 nitrogen and oxygen atoms in total. The van der Waals surface area contributed by atoms with Gasteiger partial charge in [0.25, 0.3) is 0 Å². The van der Waals surface area contributed by atoms with Gasteiger partial charge in [0.15, 0.2) is 0 Å². The van der Waals surface area contributed by atoms with Crippen LogP contribution in [-0.4, -0.2) is 39.0 Å². The van der Waals surface area contributed by atoms with E-state index in [-0.39, 0.29) is 6.61 Å². The first-order valence-corrected chi connectivity index (χ1v) is 6.03. The summed E-state index contributed by atoms with van der Waals surface area (Å²) in [5, 5.41) is 21.0. The topological polar surface area (TPSA) is 70.3 Å². The van der Waals surface area contributed by atoms with Crippen molar-refractivity contribution in [2.75, 3.05) is 13.2 Å². The van der Waals surface area contributed by atoms with Crippen LogP contribution in [0.25, 0.3) is 11.0 Å². The first-order valence-electron chi connectivity index (χ1n) is 6.03. The summed E-state index contributed by atoms with van der Waals surface area (Å²) in [4.78, 5) is 4.48. The predicted octanol–water partition coefficient (Wildman–Crippen LogP) is 0.325. The van der Waals surface area contributed by atoms with Crippen LogP contribution in [0, 0.1) is 6.92 Å². The van der Waals surface area contributed by atoms with Crippen molar-refractivity contribution in [1.82, 2.24) is 14.9 Å². The van der Waals surface area contributed by atoms with E-state index in [1.54, 1.807) is 0 Å². The Bertz CT molecular complexity index is 536. The van der Waals surface area contributed by atoms with Gasteiger partial charge in [-0.25, -0.2) is 4.98 Å². The van der Waals surface area contributed by atoms with Crippen LogP contribution >= 0.6 is 0 Å². The number of aromatic nitrogens is 2. The molecule has 1 aromatic carbocycles. The zero-order valence-electron chi connectivity index (χ0n) is 10.7. The maximum absolute atomic E-state index is 9.22. The second-order valence-electron chi connectivity index (χ2n) is 4.51. The van der Waals surface area contributed by atoms with Gasteiger partial charge in [-0.1, -0.05) is 6.07 Å². The summed E-state index contributed by atoms with van der Waals surface area (Å²) in [5.41, 5.74) is 3.22. The van der Waals surface area contributed by atoms with Gasteiger partial charge in [0.2, 0.25) is 0 Å². The Morgan fingerprint density at radius 3 is 2.94 bits per heavy atom. The van der Waals surface area contributed by atoms with E-state index in [9.17, 15) is 5.11 Å². The third kappa shape index (κ3) is 2.69. The van der Waals surface area contributed by atoms with Crippen LogP contribution in [0.1, 0.15) is 11.4 Å². The van der Waals surface area contributed by atoms with Gasteiger partial charge in [-0.15, -0.1) is 0 Å². The lowest BCUT2D eigenvalue weighted by molar-refractivity contribution is 0.0942. The molecule has 1 aromatic heterocycles. The summed E-state index contributed by atoms with van der Waals surface area (Å²) < 4.78 is 2.06. The van der Waals surface area contributed by atoms with Crippen LogP contribution in [0.2, 0.25) is 0 Å². The molecule has 1 unspecified atom stereocenters. The number of rotatable bonds is 5. The molecular weight excluding hydrogens is 230 g/mol. The largest absolute Gasteiger partial charge is 0.394 e. The monoisotopic (exact) mass is 249 g/mol. The Labute approximate surface area is 106 Å². The minimum Gasteiger partial charge on any atom is -0.394 e. The van der Waals surface area contributed by atoms with Gasteiger partial charge in [0.05, 0.1) is 23.7 Å². The molecule has 3 N–H and O–H groups in total. The molecule has 18 heavy (non-hydrogen) atoms. The highest BCUT2D eigenvalue weighted by Gasteiger charge is 2.05. The minimum atomic E-state index is -0.703. The van der Waals surface area contributed by atoms with Crippen LogP contribution in [-0.2, 0) is 13.6 Å². The van der Waals surface area contributed by atoms with Gasteiger partial charge < -0.3 is 20.1 Å². The molecule has 0 fully saturated rings. The van der Waals surface area contributed by atoms with Gasteiger partial charge in [-0.3, -0.25) is 0 Å². The maximum atomic E-state index is 9.22. The van der Waals surface area contributed by atoms with Crippen molar-refractivity contribution in [3.8, 4) is 0 Å². The van der Waals surface area contributed by atoms with Gasteiger partial charge in [0, 0.05) is 20.1 Å². The number of aryl methyl sites for hydroxylation is 2. The molecule has 2 aromatic rings. The Balaban J connectivity index is 2.06. The van der Waals surface area contributed by atoms with E-state index in [1.165, 1.54) is 0 Å². The van der Waals surface area contributed by atoms with Crippen molar-refractivity contribution in [2.45, 2.75) is 19.6 Å². The second-order valence-corrected chi connectivity index (χ2v) is 4.51. The lowest BCUT2D eigenvalue weighted by Crippen LogP contribution is -2.28. The SMILES string of the molecule is Cc1nc2cc(CNCC(O)CO)ccc2n1C. The number of hydrogen-bond acceptors (Lipinski definition) is 4. The minimum absolute atomic E-state index is 0.217. The zero-order valence-corrected chi connectivity index (χ0v) is 10.7. The molecule has 0 aliphatic rings. The number of nitrogens with zero attached hydrogens (tertiary/aromatic N) is 2. The Morgan fingerprint density at radius 1 is 1.44 bits per heavy atom. The molecule has 0 saturated heterocycles. The van der Waals surface area contributed by atoms with Crippen LogP contribution in [0.15, 0.2) is 18.2 Å². The highest BCUT2D eigenvalue weighted by atomic mass is 16.3. The molecule has 1 atom stereocenters. The normalized spacial score (nSPS) is 13.1. The molecule has 2 rings (SSSR count). The Hall–Kier alpha value is -1.43. The number of fused-ring (bicyclic) bond motifs is 1. The highest BCUT2D eigenvalue weighted by Crippen LogP contribution is 2.16. The molecule has 0 aliphatic carbocycles. The zero-order chi connectivity index (χ0) is 13.1. The molecule has 0 bridgehead atoms. The first-order chi connectivity index (χ1) is 8.61. The molecule has 5 heteroatoms. The molecule has 0 radical (unpaired) electrons. The lowest BCUT2D eigenvalue weighted by atomic mass is 10.2. The maximum Gasteiger partial charge on any atom is 0.106 e. The fourth-order valence-electron chi connectivity index (χ4n) is 1.92. The van der Waals surface area contributed by atoms with Crippen molar-refractivity contribution in [2.24, 2.45) is 7.05 Å². The Kier molecular flexibility index (Phi) is 3.96. The smallest absolute Gasteiger partial charge is 0.106 e. The standard InChI is InChI=1S/C13H19N3O2/c1-9-15-12-5-10(3-4-13(12)16(9)2)6-14-7-11(18)8-17/h3-5,11,14,17-18H,6-8H2,1-2H3. The van der Waals surface area contributed by atoms with Crippen LogP contribution in [0.5, 0.6) is 0 Å². The second kappa shape index (κ2) is 5.48. The van der Waals surface area contributed by atoms with Crippen molar-refractivity contribution in [3.63, 3.8) is 0 Å². The van der Waals surface area contributed by atoms with E-state index in [4.69, 9.17) is 5.11 Å². The van der Waals surface area contributed by atoms with Crippen LogP contribution in [0.3, 0.4) is 0 Å². The number of imidazole rings is 1. The van der Waals surface area contributed by atoms with Crippen molar-refractivity contribution < 1.29 is 10.2 Å². The third-order valence-electron chi connectivity index (χ3n) is 3.09. The van der Waals surface area contributed by atoms with Gasteiger partial charge in [-0.2, -0.15) is 0 Å². The Morgan fingerprint density at radius 2 is 2.22 bits per heavy atom. The first kappa shape index (κ1) is 13.0. The van der Waals surface area contributed by atoms with E-state index in [0.717, 1.165) is 22.4 Å². The number of aliphatic hydroxyl groups is 2. The van der Waals surface area contributed by atoms with Gasteiger partial charge in [-0.05, 0) is 24.6 Å². The van der Waals surface area contributed by atoms with E-state index >= 15 is 0 Å². The average Bonchev–Trinajstić information content (AvgIpc) is 2.64. The molecule has 0 aliphatic heterocycles. The summed E-state index contributed by atoms with van der Waals surface area (Å²) in [6, 6.07) is 6.14. The lowest BCUT2D eigenvalue weighted by Gasteiger charge is -2.08. The number of aliphatic hydroxyl groups excluding tert-OH is 2. The molecular formula is C13H19N3O2. The summed E-state index contributed by atoms with van der Waals surface area (Å²) >= 11 is 0. The van der Waals surface area contributed by atoms with Crippen LogP contribution < -0.4 is 5.32 Å². The third-order valence-corrected chi connectivity index (χ3v) is 3.09. The van der Waals surface area contributed by atoms with E-state index in [1.807, 2.05) is 26.1 Å². The molecule has 1 heterocycles. The average molecular weight is 249 g/mol. The summed E-state index contributed by atoms with van der Waals surface area (Å²) in [7, 11) is 2.00. The van der Waals surface area contributed by atoms with Gasteiger partial charge >= 0.3 is 0 Å². The van der Waals surface area contributed by atoms with E-state index in [0.29, 0.717) is 13.1 Å². The summed E-state index contributed by atoms with van der Waals surface area (Å²) in [5.74, 6) is 0.991. The quantitative estimate of drug-likeness (QED) is 0.714. The van der Waals surface area contributed by atoms with E-state index in [2.05, 4.69) is 20.9 Å². The molecule has 0 amide bonds. The fraction of sp³-hybridized carbons (Fsp3) is 0.462. The van der Waals surface area contributed by atoms with Crippen LogP contribution in [0.4, 0.5) is 0 Å². The number of nitrogens with one attached hydrogen (secondary N) is 1. The van der Waals surface area contributed by atoms with Crippen molar-refractivity contribution in [3.05, 3.63) is 29.6 Å². The summed E-state index contributed by atoms with van der Waals surface area (Å²) in [6.45, 7) is 2.80. The van der Waals surface area contributed by atoms with E-state index < -0.39 is 6.10 Å². The predicted molar refractivity (Wildman–Crippen MR) is 70.3 cm³/mol. The number of hydrogen-bond donors (Lipinski definition) is 3.